The Hall–Kier alpha value is -2.29. The van der Waals surface area contributed by atoms with E-state index in [9.17, 15) is 14.0 Å². The standard InChI is InChI=1S/C25H31ClFN3O3S/c1-16-7-5-9-18(11-16)19-12-20(22(27)21(26)13-19)23(31)28-29-34-15-17-8-6-10-30(14-17)24(32)33-25(2,3)4/h5,7,9,11-13,17,29H,6,8,10,14-15H2,1-4H3,(H,28,31). The van der Waals surface area contributed by atoms with Crippen molar-refractivity contribution in [3.63, 3.8) is 0 Å². The van der Waals surface area contributed by atoms with E-state index in [1.165, 1.54) is 24.1 Å². The minimum Gasteiger partial charge on any atom is -0.444 e. The van der Waals surface area contributed by atoms with Gasteiger partial charge in [-0.15, -0.1) is 0 Å². The van der Waals surface area contributed by atoms with Crippen LogP contribution in [0.4, 0.5) is 9.18 Å². The van der Waals surface area contributed by atoms with Crippen LogP contribution in [0.15, 0.2) is 36.4 Å². The van der Waals surface area contributed by atoms with Crippen molar-refractivity contribution in [3.05, 3.63) is 58.4 Å². The lowest BCUT2D eigenvalue weighted by atomic mass is 10.0. The van der Waals surface area contributed by atoms with Crippen LogP contribution in [0.3, 0.4) is 0 Å². The quantitative estimate of drug-likeness (QED) is 0.286. The number of nitrogens with one attached hydrogen (secondary N) is 2. The molecule has 0 aliphatic carbocycles. The van der Waals surface area contributed by atoms with Gasteiger partial charge in [-0.1, -0.05) is 53.4 Å². The molecular formula is C25H31ClFN3O3S. The van der Waals surface area contributed by atoms with Crippen molar-refractivity contribution >= 4 is 35.5 Å². The summed E-state index contributed by atoms with van der Waals surface area (Å²) in [4.78, 5) is 29.5. The maximum atomic E-state index is 14.6. The number of benzene rings is 2. The lowest BCUT2D eigenvalue weighted by Gasteiger charge is -2.34. The Morgan fingerprint density at radius 1 is 1.24 bits per heavy atom. The topological polar surface area (TPSA) is 70.7 Å². The number of nitrogens with zero attached hydrogens (tertiary/aromatic N) is 1. The molecule has 1 saturated heterocycles. The van der Waals surface area contributed by atoms with Crippen LogP contribution in [0.5, 0.6) is 0 Å². The fourth-order valence-corrected chi connectivity index (χ4v) is 4.72. The van der Waals surface area contributed by atoms with Gasteiger partial charge in [0.2, 0.25) is 0 Å². The average Bonchev–Trinajstić information content (AvgIpc) is 2.77. The molecule has 1 fully saturated rings. The number of aryl methyl sites for hydroxylation is 1. The first-order valence-electron chi connectivity index (χ1n) is 11.2. The number of halogens is 2. The zero-order valence-electron chi connectivity index (χ0n) is 19.9. The summed E-state index contributed by atoms with van der Waals surface area (Å²) >= 11 is 7.38. The molecule has 0 spiro atoms. The molecular weight excluding hydrogens is 477 g/mol. The third kappa shape index (κ3) is 7.35. The first kappa shape index (κ1) is 26.3. The molecule has 3 rings (SSSR count). The normalized spacial score (nSPS) is 16.3. The van der Waals surface area contributed by atoms with Crippen LogP contribution in [-0.2, 0) is 4.74 Å². The van der Waals surface area contributed by atoms with Gasteiger partial charge in [-0.2, -0.15) is 4.83 Å². The Kier molecular flexibility index (Phi) is 8.84. The molecule has 0 bridgehead atoms. The molecule has 1 aliphatic rings. The highest BCUT2D eigenvalue weighted by atomic mass is 35.5. The summed E-state index contributed by atoms with van der Waals surface area (Å²) in [7, 11) is 0. The highest BCUT2D eigenvalue weighted by Crippen LogP contribution is 2.28. The Labute approximate surface area is 209 Å². The van der Waals surface area contributed by atoms with Gasteiger partial charge in [0.1, 0.15) is 5.60 Å². The number of rotatable bonds is 6. The van der Waals surface area contributed by atoms with Crippen molar-refractivity contribution in [2.45, 2.75) is 46.1 Å². The molecule has 1 aliphatic heterocycles. The van der Waals surface area contributed by atoms with E-state index in [0.717, 1.165) is 24.0 Å². The van der Waals surface area contributed by atoms with E-state index in [-0.39, 0.29) is 22.6 Å². The number of hydrazine groups is 1. The van der Waals surface area contributed by atoms with Crippen molar-refractivity contribution in [1.82, 2.24) is 15.2 Å². The first-order chi connectivity index (χ1) is 16.0. The Morgan fingerprint density at radius 3 is 2.71 bits per heavy atom. The highest BCUT2D eigenvalue weighted by molar-refractivity contribution is 7.97. The fourth-order valence-electron chi connectivity index (χ4n) is 3.75. The number of carbonyl (C=O) groups is 2. The fraction of sp³-hybridized carbons (Fsp3) is 0.440. The number of carbonyl (C=O) groups excluding carboxylic acids is 2. The van der Waals surface area contributed by atoms with Gasteiger partial charge in [0.15, 0.2) is 5.82 Å². The first-order valence-corrected chi connectivity index (χ1v) is 12.6. The van der Waals surface area contributed by atoms with Crippen molar-refractivity contribution in [1.29, 1.82) is 0 Å². The molecule has 0 aromatic heterocycles. The van der Waals surface area contributed by atoms with Gasteiger partial charge in [0.05, 0.1) is 10.6 Å². The Bertz CT molecular complexity index is 1040. The molecule has 1 atom stereocenters. The molecule has 0 radical (unpaired) electrons. The summed E-state index contributed by atoms with van der Waals surface area (Å²) in [6, 6.07) is 10.7. The molecule has 6 nitrogen and oxygen atoms in total. The van der Waals surface area contributed by atoms with Gasteiger partial charge in [-0.25, -0.2) is 9.18 Å². The van der Waals surface area contributed by atoms with Crippen molar-refractivity contribution in [2.75, 3.05) is 18.8 Å². The lowest BCUT2D eigenvalue weighted by molar-refractivity contribution is 0.0177. The Balaban J connectivity index is 1.54. The predicted molar refractivity (Wildman–Crippen MR) is 135 cm³/mol. The second-order valence-electron chi connectivity index (χ2n) is 9.49. The summed E-state index contributed by atoms with van der Waals surface area (Å²) < 4.78 is 20.0. The summed E-state index contributed by atoms with van der Waals surface area (Å²) in [5.41, 5.74) is 4.44. The van der Waals surface area contributed by atoms with E-state index in [1.807, 2.05) is 52.0 Å². The van der Waals surface area contributed by atoms with Gasteiger partial charge >= 0.3 is 6.09 Å². The monoisotopic (exact) mass is 507 g/mol. The number of piperidine rings is 1. The third-order valence-electron chi connectivity index (χ3n) is 5.35. The number of hydrogen-bond donors (Lipinski definition) is 2. The van der Waals surface area contributed by atoms with E-state index in [4.69, 9.17) is 16.3 Å². The van der Waals surface area contributed by atoms with Crippen LogP contribution in [0, 0.1) is 18.7 Å². The van der Waals surface area contributed by atoms with Crippen LogP contribution >= 0.6 is 23.5 Å². The zero-order chi connectivity index (χ0) is 24.9. The van der Waals surface area contributed by atoms with E-state index < -0.39 is 17.3 Å². The summed E-state index contributed by atoms with van der Waals surface area (Å²) in [5, 5.41) is -0.110. The van der Waals surface area contributed by atoms with Crippen LogP contribution in [-0.4, -0.2) is 41.3 Å². The Morgan fingerprint density at radius 2 is 2.00 bits per heavy atom. The van der Waals surface area contributed by atoms with Gasteiger partial charge in [0, 0.05) is 18.8 Å². The number of ether oxygens (including phenoxy) is 1. The smallest absolute Gasteiger partial charge is 0.410 e. The van der Waals surface area contributed by atoms with Crippen LogP contribution in [0.25, 0.3) is 11.1 Å². The second-order valence-corrected chi connectivity index (χ2v) is 10.7. The SMILES string of the molecule is Cc1cccc(-c2cc(Cl)c(F)c(C(=O)NNSCC3CCCN(C(=O)OC(C)(C)C)C3)c2)c1. The van der Waals surface area contributed by atoms with Crippen LogP contribution < -0.4 is 10.3 Å². The molecule has 0 saturated carbocycles. The molecule has 184 valence electrons. The lowest BCUT2D eigenvalue weighted by Crippen LogP contribution is -2.43. The van der Waals surface area contributed by atoms with Crippen LogP contribution in [0.1, 0.15) is 49.5 Å². The maximum Gasteiger partial charge on any atom is 0.410 e. The molecule has 2 amide bonds. The molecule has 1 heterocycles. The minimum atomic E-state index is -0.761. The van der Waals surface area contributed by atoms with Crippen molar-refractivity contribution in [2.24, 2.45) is 5.92 Å². The molecule has 2 aromatic carbocycles. The molecule has 9 heteroatoms. The van der Waals surface area contributed by atoms with E-state index in [2.05, 4.69) is 10.3 Å². The van der Waals surface area contributed by atoms with Gasteiger partial charge in [-0.05, 0) is 69.7 Å². The third-order valence-corrected chi connectivity index (χ3v) is 6.51. The zero-order valence-corrected chi connectivity index (χ0v) is 21.5. The van der Waals surface area contributed by atoms with E-state index >= 15 is 0 Å². The number of likely N-dealkylation sites (tertiary alicyclic amines) is 1. The number of hydrogen-bond acceptors (Lipinski definition) is 5. The molecule has 2 aromatic rings. The van der Waals surface area contributed by atoms with E-state index in [0.29, 0.717) is 24.4 Å². The maximum absolute atomic E-state index is 14.6. The molecule has 2 N–H and O–H groups in total. The van der Waals surface area contributed by atoms with Gasteiger partial charge in [-0.3, -0.25) is 10.2 Å². The average molecular weight is 508 g/mol. The van der Waals surface area contributed by atoms with Crippen LogP contribution in [0.2, 0.25) is 5.02 Å². The van der Waals surface area contributed by atoms with Crippen molar-refractivity contribution in [3.8, 4) is 11.1 Å². The minimum absolute atomic E-state index is 0.110. The predicted octanol–water partition coefficient (Wildman–Crippen LogP) is 5.98. The van der Waals surface area contributed by atoms with E-state index in [1.54, 1.807) is 4.90 Å². The summed E-state index contributed by atoms with van der Waals surface area (Å²) in [6.45, 7) is 8.78. The number of amides is 2. The van der Waals surface area contributed by atoms with Gasteiger partial charge in [0.25, 0.3) is 5.91 Å². The van der Waals surface area contributed by atoms with Gasteiger partial charge < -0.3 is 9.64 Å². The second kappa shape index (κ2) is 11.4. The highest BCUT2D eigenvalue weighted by Gasteiger charge is 2.27. The largest absolute Gasteiger partial charge is 0.444 e. The molecule has 34 heavy (non-hydrogen) atoms. The molecule has 1 unspecified atom stereocenters. The van der Waals surface area contributed by atoms with Crippen molar-refractivity contribution < 1.29 is 18.7 Å². The summed E-state index contributed by atoms with van der Waals surface area (Å²) in [6.07, 6.45) is 1.57. The summed E-state index contributed by atoms with van der Waals surface area (Å²) in [5.74, 6) is -0.443.